The molecule has 1 aromatic carbocycles. The zero-order valence-electron chi connectivity index (χ0n) is 11.7. The molecule has 0 unspecified atom stereocenters. The number of benzene rings is 1. The molecule has 0 radical (unpaired) electrons. The number of amides is 1. The van der Waals surface area contributed by atoms with Gasteiger partial charge in [-0.2, -0.15) is 0 Å². The summed E-state index contributed by atoms with van der Waals surface area (Å²) in [6, 6.07) is 3.05. The smallest absolute Gasteiger partial charge is 0.227 e. The topological polar surface area (TPSA) is 29.1 Å². The molecule has 0 fully saturated rings. The Bertz CT molecular complexity index is 442. The van der Waals surface area contributed by atoms with Gasteiger partial charge in [-0.05, 0) is 53.4 Å². The summed E-state index contributed by atoms with van der Waals surface area (Å²) in [5.74, 6) is -0.349. The van der Waals surface area contributed by atoms with Gasteiger partial charge in [-0.15, -0.1) is 0 Å². The van der Waals surface area contributed by atoms with Crippen molar-refractivity contribution in [2.45, 2.75) is 46.5 Å². The van der Waals surface area contributed by atoms with E-state index in [0.717, 1.165) is 31.2 Å². The molecule has 0 aliphatic heterocycles. The van der Waals surface area contributed by atoms with Gasteiger partial charge in [0.1, 0.15) is 5.82 Å². The quantitative estimate of drug-likeness (QED) is 0.777. The van der Waals surface area contributed by atoms with Crippen LogP contribution in [-0.2, 0) is 4.79 Å². The first-order valence-corrected chi connectivity index (χ1v) is 7.55. The Hall–Kier alpha value is -0.900. The molecule has 0 bridgehead atoms. The molecule has 1 N–H and O–H groups in total. The van der Waals surface area contributed by atoms with E-state index in [-0.39, 0.29) is 17.6 Å². The Balaban J connectivity index is 2.83. The highest BCUT2D eigenvalue weighted by molar-refractivity contribution is 9.10. The lowest BCUT2D eigenvalue weighted by Gasteiger charge is -2.16. The third-order valence-electron chi connectivity index (χ3n) is 3.17. The number of anilines is 1. The van der Waals surface area contributed by atoms with Gasteiger partial charge in [-0.25, -0.2) is 4.39 Å². The maximum absolute atomic E-state index is 13.5. The van der Waals surface area contributed by atoms with Crippen molar-refractivity contribution in [2.75, 3.05) is 5.32 Å². The van der Waals surface area contributed by atoms with E-state index in [2.05, 4.69) is 35.1 Å². The minimum absolute atomic E-state index is 0.00600. The summed E-state index contributed by atoms with van der Waals surface area (Å²) in [6.45, 7) is 6.00. The average Bonchev–Trinajstić information content (AvgIpc) is 2.35. The van der Waals surface area contributed by atoms with Gasteiger partial charge in [-0.3, -0.25) is 4.79 Å². The molecule has 2 nitrogen and oxygen atoms in total. The third kappa shape index (κ3) is 4.60. The number of nitrogens with one attached hydrogen (secondary N) is 1. The standard InChI is InChI=1S/C15H21BrFNO/c1-4-6-11(7-5-2)15(19)18-14-9-13(17)12(16)8-10(14)3/h8-9,11H,4-7H2,1-3H3,(H,18,19). The van der Waals surface area contributed by atoms with Crippen LogP contribution in [0.3, 0.4) is 0 Å². The van der Waals surface area contributed by atoms with Gasteiger partial charge in [0.15, 0.2) is 0 Å². The molecule has 0 atom stereocenters. The first-order valence-electron chi connectivity index (χ1n) is 6.76. The fourth-order valence-electron chi connectivity index (χ4n) is 2.12. The largest absolute Gasteiger partial charge is 0.326 e. The summed E-state index contributed by atoms with van der Waals surface area (Å²) in [5.41, 5.74) is 1.41. The second kappa shape index (κ2) is 7.63. The van der Waals surface area contributed by atoms with E-state index >= 15 is 0 Å². The summed E-state index contributed by atoms with van der Waals surface area (Å²) < 4.78 is 13.9. The Labute approximate surface area is 122 Å². The van der Waals surface area contributed by atoms with Crippen molar-refractivity contribution < 1.29 is 9.18 Å². The molecule has 0 saturated carbocycles. The highest BCUT2D eigenvalue weighted by Gasteiger charge is 2.17. The Kier molecular flexibility index (Phi) is 6.49. The van der Waals surface area contributed by atoms with Gasteiger partial charge in [0, 0.05) is 11.6 Å². The Morgan fingerprint density at radius 2 is 1.89 bits per heavy atom. The van der Waals surface area contributed by atoms with Gasteiger partial charge in [0.25, 0.3) is 0 Å². The molecule has 0 saturated heterocycles. The summed E-state index contributed by atoms with van der Waals surface area (Å²) in [6.07, 6.45) is 3.70. The van der Waals surface area contributed by atoms with E-state index in [4.69, 9.17) is 0 Å². The molecule has 0 aliphatic carbocycles. The fraction of sp³-hybridized carbons (Fsp3) is 0.533. The lowest BCUT2D eigenvalue weighted by molar-refractivity contribution is -0.120. The number of halogens is 2. The Morgan fingerprint density at radius 1 is 1.32 bits per heavy atom. The molecule has 1 aromatic rings. The van der Waals surface area contributed by atoms with Crippen molar-refractivity contribution in [3.8, 4) is 0 Å². The van der Waals surface area contributed by atoms with Gasteiger partial charge in [0.2, 0.25) is 5.91 Å². The molecule has 4 heteroatoms. The third-order valence-corrected chi connectivity index (χ3v) is 3.78. The monoisotopic (exact) mass is 329 g/mol. The molecular formula is C15H21BrFNO. The number of carbonyl (C=O) groups excluding carboxylic acids is 1. The van der Waals surface area contributed by atoms with Crippen LogP contribution in [0, 0.1) is 18.7 Å². The van der Waals surface area contributed by atoms with Crippen LogP contribution < -0.4 is 5.32 Å². The average molecular weight is 330 g/mol. The highest BCUT2D eigenvalue weighted by atomic mass is 79.9. The van der Waals surface area contributed by atoms with Gasteiger partial charge < -0.3 is 5.32 Å². The van der Waals surface area contributed by atoms with Crippen molar-refractivity contribution in [1.82, 2.24) is 0 Å². The first kappa shape index (κ1) is 16.2. The summed E-state index contributed by atoms with van der Waals surface area (Å²) in [4.78, 5) is 12.2. The number of aryl methyl sites for hydroxylation is 1. The van der Waals surface area contributed by atoms with E-state index in [1.165, 1.54) is 6.07 Å². The van der Waals surface area contributed by atoms with Crippen LogP contribution in [0.2, 0.25) is 0 Å². The molecule has 106 valence electrons. The number of hydrogen-bond donors (Lipinski definition) is 1. The van der Waals surface area contributed by atoms with Crippen LogP contribution in [0.25, 0.3) is 0 Å². The zero-order chi connectivity index (χ0) is 14.4. The van der Waals surface area contributed by atoms with Crippen LogP contribution >= 0.6 is 15.9 Å². The summed E-state index contributed by atoms with van der Waals surface area (Å²) in [7, 11) is 0. The van der Waals surface area contributed by atoms with Crippen LogP contribution in [0.15, 0.2) is 16.6 Å². The SMILES string of the molecule is CCCC(CCC)C(=O)Nc1cc(F)c(Br)cc1C. The summed E-state index contributed by atoms with van der Waals surface area (Å²) in [5, 5.41) is 2.85. The van der Waals surface area contributed by atoms with Crippen molar-refractivity contribution in [3.05, 3.63) is 28.0 Å². The van der Waals surface area contributed by atoms with Crippen LogP contribution in [0.4, 0.5) is 10.1 Å². The fourth-order valence-corrected chi connectivity index (χ4v) is 2.58. The minimum Gasteiger partial charge on any atom is -0.326 e. The molecular weight excluding hydrogens is 309 g/mol. The van der Waals surface area contributed by atoms with Crippen molar-refractivity contribution in [1.29, 1.82) is 0 Å². The highest BCUT2D eigenvalue weighted by Crippen LogP contribution is 2.25. The molecule has 0 spiro atoms. The molecule has 0 aromatic heterocycles. The van der Waals surface area contributed by atoms with Crippen LogP contribution in [0.5, 0.6) is 0 Å². The second-order valence-corrected chi connectivity index (χ2v) is 5.70. The van der Waals surface area contributed by atoms with E-state index < -0.39 is 0 Å². The molecule has 19 heavy (non-hydrogen) atoms. The van der Waals surface area contributed by atoms with E-state index in [1.807, 2.05) is 6.92 Å². The van der Waals surface area contributed by atoms with E-state index in [1.54, 1.807) is 6.07 Å². The predicted octanol–water partition coefficient (Wildman–Crippen LogP) is 5.05. The number of carbonyl (C=O) groups is 1. The summed E-state index contributed by atoms with van der Waals surface area (Å²) >= 11 is 3.14. The predicted molar refractivity (Wildman–Crippen MR) is 80.8 cm³/mol. The molecule has 0 heterocycles. The van der Waals surface area contributed by atoms with E-state index in [0.29, 0.717) is 10.2 Å². The first-order chi connectivity index (χ1) is 8.99. The van der Waals surface area contributed by atoms with Gasteiger partial charge in [-0.1, -0.05) is 26.7 Å². The van der Waals surface area contributed by atoms with E-state index in [9.17, 15) is 9.18 Å². The maximum atomic E-state index is 13.5. The Morgan fingerprint density at radius 3 is 2.42 bits per heavy atom. The van der Waals surface area contributed by atoms with Gasteiger partial charge in [0.05, 0.1) is 4.47 Å². The molecule has 0 aliphatic rings. The number of hydrogen-bond acceptors (Lipinski definition) is 1. The molecule has 1 amide bonds. The lowest BCUT2D eigenvalue weighted by Crippen LogP contribution is -2.23. The van der Waals surface area contributed by atoms with Crippen LogP contribution in [-0.4, -0.2) is 5.91 Å². The lowest BCUT2D eigenvalue weighted by atomic mass is 9.97. The minimum atomic E-state index is -0.358. The number of rotatable bonds is 6. The van der Waals surface area contributed by atoms with Gasteiger partial charge >= 0.3 is 0 Å². The van der Waals surface area contributed by atoms with Crippen LogP contribution in [0.1, 0.15) is 45.1 Å². The normalized spacial score (nSPS) is 10.8. The zero-order valence-corrected chi connectivity index (χ0v) is 13.3. The van der Waals surface area contributed by atoms with Crippen molar-refractivity contribution in [3.63, 3.8) is 0 Å². The maximum Gasteiger partial charge on any atom is 0.227 e. The van der Waals surface area contributed by atoms with Crippen molar-refractivity contribution in [2.24, 2.45) is 5.92 Å². The second-order valence-electron chi connectivity index (χ2n) is 4.84. The van der Waals surface area contributed by atoms with Crippen molar-refractivity contribution >= 4 is 27.5 Å². The molecule has 1 rings (SSSR count).